The summed E-state index contributed by atoms with van der Waals surface area (Å²) in [5, 5.41) is 14.5. The van der Waals surface area contributed by atoms with Gasteiger partial charge >= 0.3 is 0 Å². The van der Waals surface area contributed by atoms with E-state index < -0.39 is 5.56 Å². The van der Waals surface area contributed by atoms with Crippen molar-refractivity contribution in [3.63, 3.8) is 0 Å². The molecule has 0 bridgehead atoms. The maximum absolute atomic E-state index is 12.0. The van der Waals surface area contributed by atoms with Gasteiger partial charge in [0.2, 0.25) is 11.8 Å². The molecule has 0 atom stereocenters. The summed E-state index contributed by atoms with van der Waals surface area (Å²) >= 11 is 2.36. The van der Waals surface area contributed by atoms with Crippen molar-refractivity contribution in [1.29, 1.82) is 0 Å². The number of amides is 1. The maximum Gasteiger partial charge on any atom is 0.255 e. The van der Waals surface area contributed by atoms with E-state index in [2.05, 4.69) is 20.3 Å². The van der Waals surface area contributed by atoms with E-state index in [0.29, 0.717) is 5.13 Å². The Bertz CT molecular complexity index is 951. The largest absolute Gasteiger partial charge is 0.493 e. The van der Waals surface area contributed by atoms with E-state index in [1.165, 1.54) is 16.9 Å². The number of aromatic nitrogens is 3. The highest BCUT2D eigenvalue weighted by atomic mass is 32.2. The van der Waals surface area contributed by atoms with Gasteiger partial charge in [-0.25, -0.2) is 4.98 Å². The minimum absolute atomic E-state index is 0.0336. The molecule has 0 saturated carbocycles. The van der Waals surface area contributed by atoms with Gasteiger partial charge < -0.3 is 15.4 Å². The van der Waals surface area contributed by atoms with E-state index >= 15 is 0 Å². The van der Waals surface area contributed by atoms with Crippen LogP contribution in [0.3, 0.4) is 0 Å². The molecule has 128 valence electrons. The van der Waals surface area contributed by atoms with Crippen LogP contribution in [0.4, 0.5) is 5.13 Å². The van der Waals surface area contributed by atoms with Gasteiger partial charge in [-0.2, -0.15) is 4.98 Å². The normalized spacial score (nSPS) is 10.6. The molecule has 0 aliphatic heterocycles. The first-order valence-corrected chi connectivity index (χ1v) is 9.12. The van der Waals surface area contributed by atoms with Crippen LogP contribution in [0.1, 0.15) is 5.56 Å². The van der Waals surface area contributed by atoms with Gasteiger partial charge in [-0.05, 0) is 6.92 Å². The number of aryl methyl sites for hydroxylation is 1. The molecule has 1 aromatic carbocycles. The smallest absolute Gasteiger partial charge is 0.255 e. The first-order valence-electron chi connectivity index (χ1n) is 7.25. The number of anilines is 1. The highest BCUT2D eigenvalue weighted by molar-refractivity contribution is 7.99. The Morgan fingerprint density at radius 2 is 2.08 bits per heavy atom. The lowest BCUT2D eigenvalue weighted by Gasteiger charge is -2.02. The molecule has 3 aromatic rings. The van der Waals surface area contributed by atoms with Gasteiger partial charge in [0.1, 0.15) is 0 Å². The topological polar surface area (TPSA) is 108 Å². The summed E-state index contributed by atoms with van der Waals surface area (Å²) in [7, 11) is 0. The van der Waals surface area contributed by atoms with E-state index in [1.807, 2.05) is 36.6 Å². The molecule has 7 nitrogen and oxygen atoms in total. The predicted octanol–water partition coefficient (Wildman–Crippen LogP) is 2.64. The van der Waals surface area contributed by atoms with Crippen LogP contribution >= 0.6 is 23.1 Å². The third-order valence-electron chi connectivity index (χ3n) is 3.14. The lowest BCUT2D eigenvalue weighted by molar-refractivity contribution is -0.113. The number of aromatic amines is 1. The molecule has 1 amide bonds. The number of aromatic hydroxyl groups is 1. The summed E-state index contributed by atoms with van der Waals surface area (Å²) in [6, 6.07) is 8.94. The third-order valence-corrected chi connectivity index (χ3v) is 4.78. The highest BCUT2D eigenvalue weighted by Crippen LogP contribution is 2.25. The number of thioether (sulfide) groups is 1. The average molecular weight is 374 g/mol. The Morgan fingerprint density at radius 1 is 1.32 bits per heavy atom. The fourth-order valence-electron chi connectivity index (χ4n) is 1.97. The van der Waals surface area contributed by atoms with Crippen LogP contribution in [-0.4, -0.2) is 31.7 Å². The minimum atomic E-state index is -0.474. The van der Waals surface area contributed by atoms with E-state index in [4.69, 9.17) is 0 Å². The summed E-state index contributed by atoms with van der Waals surface area (Å²) in [5.41, 5.74) is 2.48. The van der Waals surface area contributed by atoms with Crippen LogP contribution in [0.5, 0.6) is 5.88 Å². The highest BCUT2D eigenvalue weighted by Gasteiger charge is 2.10. The van der Waals surface area contributed by atoms with Crippen LogP contribution in [0.25, 0.3) is 11.3 Å². The van der Waals surface area contributed by atoms with Gasteiger partial charge in [-0.3, -0.25) is 9.59 Å². The molecule has 2 aromatic heterocycles. The number of hydrogen-bond acceptors (Lipinski definition) is 7. The van der Waals surface area contributed by atoms with Gasteiger partial charge in [0.25, 0.3) is 5.56 Å². The molecule has 3 rings (SSSR count). The van der Waals surface area contributed by atoms with Gasteiger partial charge in [0.15, 0.2) is 10.3 Å². The van der Waals surface area contributed by atoms with E-state index in [9.17, 15) is 14.7 Å². The van der Waals surface area contributed by atoms with Crippen LogP contribution in [-0.2, 0) is 4.79 Å². The molecule has 25 heavy (non-hydrogen) atoms. The van der Waals surface area contributed by atoms with Crippen molar-refractivity contribution in [3.05, 3.63) is 51.6 Å². The number of thiazole rings is 1. The molecular weight excluding hydrogens is 360 g/mol. The van der Waals surface area contributed by atoms with Crippen molar-refractivity contribution in [2.45, 2.75) is 12.1 Å². The molecule has 0 aliphatic rings. The summed E-state index contributed by atoms with van der Waals surface area (Å²) in [5.74, 6) is -0.624. The molecule has 2 heterocycles. The van der Waals surface area contributed by atoms with Crippen molar-refractivity contribution < 1.29 is 9.90 Å². The summed E-state index contributed by atoms with van der Waals surface area (Å²) in [4.78, 5) is 33.8. The van der Waals surface area contributed by atoms with E-state index in [1.54, 1.807) is 0 Å². The Balaban J connectivity index is 1.60. The predicted molar refractivity (Wildman–Crippen MR) is 98.2 cm³/mol. The van der Waals surface area contributed by atoms with Crippen molar-refractivity contribution in [2.75, 3.05) is 11.1 Å². The van der Waals surface area contributed by atoms with Crippen molar-refractivity contribution in [2.24, 2.45) is 0 Å². The molecule has 0 unspecified atom stereocenters. The monoisotopic (exact) mass is 374 g/mol. The number of rotatable bonds is 5. The Morgan fingerprint density at radius 3 is 2.80 bits per heavy atom. The van der Waals surface area contributed by atoms with Crippen molar-refractivity contribution in [3.8, 4) is 17.1 Å². The number of nitrogens with one attached hydrogen (secondary N) is 2. The minimum Gasteiger partial charge on any atom is -0.493 e. The quantitative estimate of drug-likeness (QED) is 0.468. The second-order valence-corrected chi connectivity index (χ2v) is 6.97. The van der Waals surface area contributed by atoms with Crippen LogP contribution < -0.4 is 10.9 Å². The summed E-state index contributed by atoms with van der Waals surface area (Å²) < 4.78 is 0. The fourth-order valence-corrected chi connectivity index (χ4v) is 3.38. The first-order chi connectivity index (χ1) is 12.0. The SMILES string of the molecule is Cc1ccc(-c2csc(NC(=O)CSc3nc(O)cc(=O)[nH]3)n2)cc1. The third kappa shape index (κ3) is 4.68. The van der Waals surface area contributed by atoms with Crippen molar-refractivity contribution >= 4 is 34.1 Å². The Hall–Kier alpha value is -2.65. The van der Waals surface area contributed by atoms with Crippen molar-refractivity contribution in [1.82, 2.24) is 15.0 Å². The van der Waals surface area contributed by atoms with Gasteiger partial charge in [0, 0.05) is 10.9 Å². The van der Waals surface area contributed by atoms with Crippen LogP contribution in [0.15, 0.2) is 45.7 Å². The average Bonchev–Trinajstić information content (AvgIpc) is 3.01. The molecule has 0 spiro atoms. The standard InChI is InChI=1S/C16H14N4O3S2/c1-9-2-4-10(5-3-9)11-7-24-15(17-11)20-14(23)8-25-16-18-12(21)6-13(22)19-16/h2-7H,8H2,1H3,(H,17,20,23)(H2,18,19,21,22). The van der Waals surface area contributed by atoms with Crippen LogP contribution in [0, 0.1) is 6.92 Å². The van der Waals surface area contributed by atoms with E-state index in [0.717, 1.165) is 29.1 Å². The van der Waals surface area contributed by atoms with E-state index in [-0.39, 0.29) is 22.7 Å². The zero-order valence-corrected chi connectivity index (χ0v) is 14.8. The lowest BCUT2D eigenvalue weighted by atomic mass is 10.1. The molecule has 0 saturated heterocycles. The molecule has 3 N–H and O–H groups in total. The van der Waals surface area contributed by atoms with Crippen LogP contribution in [0.2, 0.25) is 0 Å². The Labute approximate surface area is 151 Å². The second-order valence-electron chi connectivity index (χ2n) is 5.15. The number of H-pyrrole nitrogens is 1. The molecule has 0 fully saturated rings. The number of carbonyl (C=O) groups is 1. The number of carbonyl (C=O) groups excluding carboxylic acids is 1. The first kappa shape index (κ1) is 17.2. The number of nitrogens with zero attached hydrogens (tertiary/aromatic N) is 2. The molecular formula is C16H14N4O3S2. The zero-order valence-electron chi connectivity index (χ0n) is 13.1. The van der Waals surface area contributed by atoms with Gasteiger partial charge in [-0.1, -0.05) is 41.6 Å². The summed E-state index contributed by atoms with van der Waals surface area (Å²) in [6.07, 6.45) is 0. The van der Waals surface area contributed by atoms with Gasteiger partial charge in [-0.15, -0.1) is 11.3 Å². The summed E-state index contributed by atoms with van der Waals surface area (Å²) in [6.45, 7) is 2.02. The Kier molecular flexibility index (Phi) is 5.15. The zero-order chi connectivity index (χ0) is 17.8. The number of hydrogen-bond donors (Lipinski definition) is 3. The molecule has 0 aliphatic carbocycles. The number of benzene rings is 1. The molecule has 0 radical (unpaired) electrons. The fraction of sp³-hybridized carbons (Fsp3) is 0.125. The maximum atomic E-state index is 12.0. The van der Waals surface area contributed by atoms with Gasteiger partial charge in [0.05, 0.1) is 17.5 Å². The second kappa shape index (κ2) is 7.49. The molecule has 9 heteroatoms. The lowest BCUT2D eigenvalue weighted by Crippen LogP contribution is -2.15.